The number of hydrazine groups is 1. The summed E-state index contributed by atoms with van der Waals surface area (Å²) < 4.78 is 13.3. The zero-order valence-corrected chi connectivity index (χ0v) is 10.6. The highest BCUT2D eigenvalue weighted by atomic mass is 35.5. The quantitative estimate of drug-likeness (QED) is 0.663. The summed E-state index contributed by atoms with van der Waals surface area (Å²) in [4.78, 5) is 4.23. The molecule has 0 fully saturated rings. The van der Waals surface area contributed by atoms with Gasteiger partial charge in [0.15, 0.2) is 0 Å². The fraction of sp³-hybridized carbons (Fsp3) is 0.154. The average molecular weight is 266 g/mol. The number of pyridine rings is 1. The second-order valence-electron chi connectivity index (χ2n) is 4.02. The lowest BCUT2D eigenvalue weighted by Gasteiger charge is -2.17. The summed E-state index contributed by atoms with van der Waals surface area (Å²) in [6.07, 6.45) is 1.68. The van der Waals surface area contributed by atoms with Crippen LogP contribution in [-0.2, 0) is 0 Å². The molecule has 0 spiro atoms. The lowest BCUT2D eigenvalue weighted by atomic mass is 10.0. The number of hydrogen-bond donors (Lipinski definition) is 2. The van der Waals surface area contributed by atoms with E-state index in [0.29, 0.717) is 16.3 Å². The molecule has 0 aliphatic heterocycles. The van der Waals surface area contributed by atoms with Crippen molar-refractivity contribution in [3.8, 4) is 0 Å². The van der Waals surface area contributed by atoms with Crippen molar-refractivity contribution in [2.45, 2.75) is 13.0 Å². The first-order valence-electron chi connectivity index (χ1n) is 5.45. The van der Waals surface area contributed by atoms with Crippen molar-refractivity contribution in [2.75, 3.05) is 0 Å². The molecule has 1 unspecified atom stereocenters. The van der Waals surface area contributed by atoms with Crippen LogP contribution in [0.25, 0.3) is 0 Å². The minimum absolute atomic E-state index is 0.359. The van der Waals surface area contributed by atoms with Crippen LogP contribution >= 0.6 is 11.6 Å². The monoisotopic (exact) mass is 265 g/mol. The molecule has 18 heavy (non-hydrogen) atoms. The van der Waals surface area contributed by atoms with E-state index >= 15 is 0 Å². The van der Waals surface area contributed by atoms with E-state index in [9.17, 15) is 4.39 Å². The third kappa shape index (κ3) is 2.67. The van der Waals surface area contributed by atoms with Gasteiger partial charge in [0.25, 0.3) is 0 Å². The molecule has 0 aliphatic carbocycles. The van der Waals surface area contributed by atoms with Crippen LogP contribution in [0, 0.1) is 12.7 Å². The molecule has 2 rings (SSSR count). The highest BCUT2D eigenvalue weighted by molar-refractivity contribution is 6.31. The summed E-state index contributed by atoms with van der Waals surface area (Å²) in [5, 5.41) is 0.447. The Kier molecular flexibility index (Phi) is 3.91. The van der Waals surface area contributed by atoms with Gasteiger partial charge in [-0.2, -0.15) is 0 Å². The van der Waals surface area contributed by atoms with Crippen molar-refractivity contribution in [2.24, 2.45) is 5.84 Å². The van der Waals surface area contributed by atoms with Gasteiger partial charge in [-0.25, -0.2) is 9.82 Å². The van der Waals surface area contributed by atoms with Crippen LogP contribution in [0.1, 0.15) is 22.9 Å². The molecule has 5 heteroatoms. The normalized spacial score (nSPS) is 12.4. The second kappa shape index (κ2) is 5.44. The number of aryl methyl sites for hydroxylation is 1. The summed E-state index contributed by atoms with van der Waals surface area (Å²) in [5.41, 5.74) is 4.93. The molecule has 0 aliphatic rings. The van der Waals surface area contributed by atoms with Crippen LogP contribution in [0.15, 0.2) is 36.5 Å². The molecule has 0 radical (unpaired) electrons. The van der Waals surface area contributed by atoms with E-state index in [4.69, 9.17) is 17.4 Å². The Bertz CT molecular complexity index is 560. The summed E-state index contributed by atoms with van der Waals surface area (Å²) >= 11 is 6.07. The van der Waals surface area contributed by atoms with Gasteiger partial charge in [-0.05, 0) is 48.4 Å². The third-order valence-corrected chi connectivity index (χ3v) is 3.01. The molecule has 1 heterocycles. The van der Waals surface area contributed by atoms with E-state index in [1.807, 2.05) is 19.1 Å². The van der Waals surface area contributed by atoms with Crippen LogP contribution in [0.3, 0.4) is 0 Å². The number of nitrogens with one attached hydrogen (secondary N) is 1. The molecule has 0 saturated heterocycles. The first-order chi connectivity index (χ1) is 8.61. The number of aromatic nitrogens is 1. The maximum atomic E-state index is 13.3. The summed E-state index contributed by atoms with van der Waals surface area (Å²) in [6, 6.07) is 7.50. The van der Waals surface area contributed by atoms with Gasteiger partial charge in [-0.3, -0.25) is 10.8 Å². The first-order valence-corrected chi connectivity index (χ1v) is 5.83. The van der Waals surface area contributed by atoms with Crippen LogP contribution in [0.5, 0.6) is 0 Å². The SMILES string of the molecule is Cc1ccnc(C(NN)c2cc(F)ccc2Cl)c1. The average Bonchev–Trinajstić information content (AvgIpc) is 2.35. The van der Waals surface area contributed by atoms with Crippen LogP contribution in [-0.4, -0.2) is 4.98 Å². The molecular weight excluding hydrogens is 253 g/mol. The van der Waals surface area contributed by atoms with Gasteiger partial charge in [-0.1, -0.05) is 11.6 Å². The zero-order chi connectivity index (χ0) is 13.1. The number of nitrogens with zero attached hydrogens (tertiary/aromatic N) is 1. The number of halogens is 2. The first kappa shape index (κ1) is 13.0. The van der Waals surface area contributed by atoms with E-state index in [2.05, 4.69) is 10.4 Å². The Labute approximate surface area is 110 Å². The van der Waals surface area contributed by atoms with E-state index in [-0.39, 0.29) is 5.82 Å². The smallest absolute Gasteiger partial charge is 0.123 e. The van der Waals surface area contributed by atoms with E-state index < -0.39 is 6.04 Å². The van der Waals surface area contributed by atoms with Gasteiger partial charge in [-0.15, -0.1) is 0 Å². The Balaban J connectivity index is 2.48. The summed E-state index contributed by atoms with van der Waals surface area (Å²) in [5.74, 6) is 5.18. The van der Waals surface area contributed by atoms with E-state index in [0.717, 1.165) is 5.56 Å². The predicted molar refractivity (Wildman–Crippen MR) is 69.6 cm³/mol. The molecule has 3 nitrogen and oxygen atoms in total. The van der Waals surface area contributed by atoms with Gasteiger partial charge in [0.2, 0.25) is 0 Å². The minimum atomic E-state index is -0.437. The lowest BCUT2D eigenvalue weighted by Crippen LogP contribution is -2.29. The molecule has 94 valence electrons. The molecule has 1 aromatic heterocycles. The summed E-state index contributed by atoms with van der Waals surface area (Å²) in [7, 11) is 0. The van der Waals surface area contributed by atoms with Gasteiger partial charge in [0.05, 0.1) is 11.7 Å². The second-order valence-corrected chi connectivity index (χ2v) is 4.43. The van der Waals surface area contributed by atoms with Crippen molar-refractivity contribution >= 4 is 11.6 Å². The molecule has 1 atom stereocenters. The van der Waals surface area contributed by atoms with E-state index in [1.165, 1.54) is 18.2 Å². The molecular formula is C13H13ClFN3. The van der Waals surface area contributed by atoms with Crippen molar-refractivity contribution < 1.29 is 4.39 Å². The Hall–Kier alpha value is -1.49. The number of nitrogens with two attached hydrogens (primary N) is 1. The maximum Gasteiger partial charge on any atom is 0.123 e. The van der Waals surface area contributed by atoms with Gasteiger partial charge >= 0.3 is 0 Å². The Morgan fingerprint density at radius 1 is 1.33 bits per heavy atom. The number of rotatable bonds is 3. The Morgan fingerprint density at radius 3 is 2.78 bits per heavy atom. The highest BCUT2D eigenvalue weighted by Gasteiger charge is 2.17. The molecule has 3 N–H and O–H groups in total. The van der Waals surface area contributed by atoms with Crippen molar-refractivity contribution in [1.82, 2.24) is 10.4 Å². The van der Waals surface area contributed by atoms with Crippen molar-refractivity contribution in [3.05, 3.63) is 64.2 Å². The molecule has 0 bridgehead atoms. The highest BCUT2D eigenvalue weighted by Crippen LogP contribution is 2.27. The number of benzene rings is 1. The largest absolute Gasteiger partial charge is 0.271 e. The fourth-order valence-electron chi connectivity index (χ4n) is 1.79. The predicted octanol–water partition coefficient (Wildman–Crippen LogP) is 2.74. The van der Waals surface area contributed by atoms with Gasteiger partial charge in [0.1, 0.15) is 5.82 Å². The van der Waals surface area contributed by atoms with Gasteiger partial charge in [0, 0.05) is 11.2 Å². The van der Waals surface area contributed by atoms with Crippen molar-refractivity contribution in [3.63, 3.8) is 0 Å². The van der Waals surface area contributed by atoms with Gasteiger partial charge < -0.3 is 0 Å². The van der Waals surface area contributed by atoms with Crippen molar-refractivity contribution in [1.29, 1.82) is 0 Å². The third-order valence-electron chi connectivity index (χ3n) is 2.67. The molecule has 2 aromatic rings. The van der Waals surface area contributed by atoms with Crippen LogP contribution in [0.4, 0.5) is 4.39 Å². The van der Waals surface area contributed by atoms with E-state index in [1.54, 1.807) is 6.20 Å². The topological polar surface area (TPSA) is 50.9 Å². The fourth-order valence-corrected chi connectivity index (χ4v) is 2.01. The molecule has 0 saturated carbocycles. The molecule has 1 aromatic carbocycles. The zero-order valence-electron chi connectivity index (χ0n) is 9.82. The minimum Gasteiger partial charge on any atom is -0.271 e. The molecule has 0 amide bonds. The standard InChI is InChI=1S/C13H13ClFN3/c1-8-4-5-17-12(6-8)13(18-16)10-7-9(15)2-3-11(10)14/h2-7,13,18H,16H2,1H3. The van der Waals surface area contributed by atoms with Crippen LogP contribution in [0.2, 0.25) is 5.02 Å². The number of hydrogen-bond acceptors (Lipinski definition) is 3. The van der Waals surface area contributed by atoms with Crippen LogP contribution < -0.4 is 11.3 Å². The summed E-state index contributed by atoms with van der Waals surface area (Å²) in [6.45, 7) is 1.95. The maximum absolute atomic E-state index is 13.3. The Morgan fingerprint density at radius 2 is 2.11 bits per heavy atom. The lowest BCUT2D eigenvalue weighted by molar-refractivity contribution is 0.598.